The number of anilines is 1. The molecule has 4 rings (SSSR count). The van der Waals surface area contributed by atoms with E-state index in [9.17, 15) is 4.79 Å². The molecule has 0 fully saturated rings. The average Bonchev–Trinajstić information content (AvgIpc) is 3.27. The van der Waals surface area contributed by atoms with Crippen molar-refractivity contribution < 1.29 is 4.79 Å². The van der Waals surface area contributed by atoms with Crippen molar-refractivity contribution in [1.29, 1.82) is 0 Å². The summed E-state index contributed by atoms with van der Waals surface area (Å²) in [6, 6.07) is 13.1. The van der Waals surface area contributed by atoms with Crippen molar-refractivity contribution in [1.82, 2.24) is 4.98 Å². The van der Waals surface area contributed by atoms with E-state index in [0.29, 0.717) is 10.8 Å². The van der Waals surface area contributed by atoms with Gasteiger partial charge >= 0.3 is 0 Å². The molecule has 29 heavy (non-hydrogen) atoms. The number of nitrogens with zero attached hydrogens (tertiary/aromatic N) is 5. The molecule has 2 heterocycles. The third-order valence-electron chi connectivity index (χ3n) is 4.54. The molecule has 0 N–H and O–H groups in total. The number of rotatable bonds is 4. The van der Waals surface area contributed by atoms with E-state index in [1.807, 2.05) is 61.7 Å². The zero-order valence-corrected chi connectivity index (χ0v) is 18.5. The first-order chi connectivity index (χ1) is 13.9. The second kappa shape index (κ2) is 7.96. The lowest BCUT2D eigenvalue weighted by Gasteiger charge is -2.08. The van der Waals surface area contributed by atoms with E-state index in [1.54, 1.807) is 6.92 Å². The Morgan fingerprint density at radius 1 is 1.10 bits per heavy atom. The molecule has 3 aromatic rings. The summed E-state index contributed by atoms with van der Waals surface area (Å²) >= 11 is 4.80. The molecule has 0 saturated heterocycles. The maximum atomic E-state index is 12.9. The molecular weight excluding hydrogens is 450 g/mol. The van der Waals surface area contributed by atoms with E-state index in [2.05, 4.69) is 36.2 Å². The predicted molar refractivity (Wildman–Crippen MR) is 120 cm³/mol. The highest BCUT2D eigenvalue weighted by Gasteiger charge is 2.36. The second-order valence-corrected chi connectivity index (χ2v) is 8.57. The van der Waals surface area contributed by atoms with Crippen LogP contribution in [0.1, 0.15) is 18.1 Å². The number of carbonyl (C=O) groups is 1. The first-order valence-corrected chi connectivity index (χ1v) is 10.7. The number of azo groups is 1. The van der Waals surface area contributed by atoms with E-state index in [-0.39, 0.29) is 5.91 Å². The molecule has 0 spiro atoms. The van der Waals surface area contributed by atoms with E-state index in [0.717, 1.165) is 32.5 Å². The Hall–Kier alpha value is -2.71. The Kier molecular flexibility index (Phi) is 5.38. The first-order valence-electron chi connectivity index (χ1n) is 9.01. The van der Waals surface area contributed by atoms with Gasteiger partial charge in [-0.15, -0.1) is 11.3 Å². The number of aromatic nitrogens is 1. The van der Waals surface area contributed by atoms with Gasteiger partial charge in [0.05, 0.1) is 17.1 Å². The van der Waals surface area contributed by atoms with Gasteiger partial charge in [0.1, 0.15) is 0 Å². The minimum atomic E-state index is -0.726. The Balaban J connectivity index is 1.55. The Labute approximate surface area is 181 Å². The summed E-state index contributed by atoms with van der Waals surface area (Å²) in [7, 11) is 0. The Bertz CT molecular complexity index is 1140. The molecule has 146 valence electrons. The van der Waals surface area contributed by atoms with Gasteiger partial charge < -0.3 is 0 Å². The minimum Gasteiger partial charge on any atom is -0.269 e. The van der Waals surface area contributed by atoms with Gasteiger partial charge in [-0.3, -0.25) is 4.79 Å². The van der Waals surface area contributed by atoms with Gasteiger partial charge in [-0.25, -0.2) is 4.98 Å². The molecule has 8 heteroatoms. The van der Waals surface area contributed by atoms with Crippen LogP contribution in [0.25, 0.3) is 11.3 Å². The second-order valence-electron chi connectivity index (χ2n) is 6.82. The summed E-state index contributed by atoms with van der Waals surface area (Å²) in [4.78, 5) is 17.5. The van der Waals surface area contributed by atoms with E-state index in [4.69, 9.17) is 0 Å². The van der Waals surface area contributed by atoms with Gasteiger partial charge in [0.25, 0.3) is 5.91 Å². The lowest BCUT2D eigenvalue weighted by atomic mass is 10.1. The maximum Gasteiger partial charge on any atom is 0.282 e. The van der Waals surface area contributed by atoms with Gasteiger partial charge in [-0.1, -0.05) is 45.8 Å². The predicted octanol–water partition coefficient (Wildman–Crippen LogP) is 6.06. The Morgan fingerprint density at radius 3 is 2.59 bits per heavy atom. The molecule has 1 aliphatic rings. The van der Waals surface area contributed by atoms with Crippen molar-refractivity contribution in [3.8, 4) is 11.3 Å². The topological polar surface area (TPSA) is 70.3 Å². The van der Waals surface area contributed by atoms with E-state index >= 15 is 0 Å². The molecule has 2 aromatic carbocycles. The van der Waals surface area contributed by atoms with E-state index in [1.165, 1.54) is 16.3 Å². The summed E-state index contributed by atoms with van der Waals surface area (Å²) < 4.78 is 1.00. The van der Waals surface area contributed by atoms with Gasteiger partial charge in [0, 0.05) is 15.4 Å². The molecule has 1 aromatic heterocycles. The van der Waals surface area contributed by atoms with Crippen LogP contribution in [0.5, 0.6) is 0 Å². The zero-order valence-electron chi connectivity index (χ0n) is 16.1. The standard InChI is InChI=1S/C21H18BrN5OS/c1-12-4-9-17(13(2)10-12)24-25-19-14(3)26-27(20(19)28)21-23-18(11-29-21)15-5-7-16(22)8-6-15/h4-11,19H,1-3H3. The monoisotopic (exact) mass is 467 g/mol. The minimum absolute atomic E-state index is 0.243. The summed E-state index contributed by atoms with van der Waals surface area (Å²) in [6.07, 6.45) is 0. The first kappa shape index (κ1) is 19.6. The van der Waals surface area contributed by atoms with Crippen molar-refractivity contribution in [2.24, 2.45) is 15.3 Å². The van der Waals surface area contributed by atoms with Gasteiger partial charge in [0.15, 0.2) is 6.04 Å². The summed E-state index contributed by atoms with van der Waals surface area (Å²) in [5.41, 5.74) is 5.32. The molecule has 1 unspecified atom stereocenters. The number of halogens is 1. The van der Waals surface area contributed by atoms with Crippen molar-refractivity contribution in [2.75, 3.05) is 5.01 Å². The van der Waals surface area contributed by atoms with Gasteiger partial charge in [-0.2, -0.15) is 20.3 Å². The third kappa shape index (κ3) is 4.04. The van der Waals surface area contributed by atoms with Gasteiger partial charge in [0.2, 0.25) is 5.13 Å². The lowest BCUT2D eigenvalue weighted by Crippen LogP contribution is -2.29. The molecule has 0 bridgehead atoms. The molecule has 1 aliphatic heterocycles. The SMILES string of the molecule is CC1=NN(c2nc(-c3ccc(Br)cc3)cs2)C(=O)C1N=Nc1ccc(C)cc1C. The van der Waals surface area contributed by atoms with E-state index < -0.39 is 6.04 Å². The number of hydrazone groups is 1. The number of hydrogen-bond acceptors (Lipinski definition) is 6. The average molecular weight is 468 g/mol. The molecule has 1 amide bonds. The number of thiazole rings is 1. The van der Waals surface area contributed by atoms with Gasteiger partial charge in [-0.05, 0) is 44.5 Å². The third-order valence-corrected chi connectivity index (χ3v) is 5.89. The molecule has 1 atom stereocenters. The molecule has 0 saturated carbocycles. The van der Waals surface area contributed by atoms with Crippen LogP contribution in [-0.2, 0) is 4.79 Å². The van der Waals surface area contributed by atoms with Crippen LogP contribution in [0.4, 0.5) is 10.8 Å². The molecule has 6 nitrogen and oxygen atoms in total. The fourth-order valence-electron chi connectivity index (χ4n) is 2.98. The molecule has 0 aliphatic carbocycles. The van der Waals surface area contributed by atoms with Crippen LogP contribution in [0.3, 0.4) is 0 Å². The van der Waals surface area contributed by atoms with Crippen molar-refractivity contribution in [3.05, 3.63) is 63.4 Å². The highest BCUT2D eigenvalue weighted by molar-refractivity contribution is 9.10. The van der Waals surface area contributed by atoms with Crippen LogP contribution in [0.15, 0.2) is 67.6 Å². The number of aryl methyl sites for hydroxylation is 2. The van der Waals surface area contributed by atoms with Crippen LogP contribution in [-0.4, -0.2) is 22.6 Å². The quantitative estimate of drug-likeness (QED) is 0.437. The van der Waals surface area contributed by atoms with Crippen LogP contribution < -0.4 is 5.01 Å². The van der Waals surface area contributed by atoms with Crippen molar-refractivity contribution >= 4 is 49.7 Å². The summed E-state index contributed by atoms with van der Waals surface area (Å²) in [6.45, 7) is 5.79. The lowest BCUT2D eigenvalue weighted by molar-refractivity contribution is -0.117. The van der Waals surface area contributed by atoms with Crippen molar-refractivity contribution in [2.45, 2.75) is 26.8 Å². The number of carbonyl (C=O) groups excluding carboxylic acids is 1. The summed E-state index contributed by atoms with van der Waals surface area (Å²) in [5.74, 6) is -0.243. The number of benzene rings is 2. The fraction of sp³-hybridized carbons (Fsp3) is 0.190. The fourth-order valence-corrected chi connectivity index (χ4v) is 4.03. The Morgan fingerprint density at radius 2 is 1.86 bits per heavy atom. The zero-order chi connectivity index (χ0) is 20.5. The normalized spacial score (nSPS) is 16.7. The summed E-state index contributed by atoms with van der Waals surface area (Å²) in [5, 5.41) is 16.7. The van der Waals surface area contributed by atoms with Crippen LogP contribution in [0.2, 0.25) is 0 Å². The van der Waals surface area contributed by atoms with Crippen molar-refractivity contribution in [3.63, 3.8) is 0 Å². The largest absolute Gasteiger partial charge is 0.282 e. The molecule has 0 radical (unpaired) electrons. The maximum absolute atomic E-state index is 12.9. The van der Waals surface area contributed by atoms with Crippen LogP contribution >= 0.6 is 27.3 Å². The van der Waals surface area contributed by atoms with Crippen LogP contribution in [0, 0.1) is 13.8 Å². The highest BCUT2D eigenvalue weighted by Crippen LogP contribution is 2.31. The molecular formula is C21H18BrN5OS. The number of hydrogen-bond donors (Lipinski definition) is 0. The highest BCUT2D eigenvalue weighted by atomic mass is 79.9. The smallest absolute Gasteiger partial charge is 0.269 e. The number of amides is 1.